The number of ether oxygens (including phenoxy) is 1. The fourth-order valence-corrected chi connectivity index (χ4v) is 4.10. The second kappa shape index (κ2) is 9.54. The second-order valence-electron chi connectivity index (χ2n) is 7.61. The summed E-state index contributed by atoms with van der Waals surface area (Å²) >= 11 is 3.17. The third-order valence-electron chi connectivity index (χ3n) is 5.37. The maximum atomic E-state index is 14.2. The highest BCUT2D eigenvalue weighted by atomic mass is 79.9. The van der Waals surface area contributed by atoms with E-state index in [-0.39, 0.29) is 29.3 Å². The lowest BCUT2D eigenvalue weighted by molar-refractivity contribution is -0.255. The quantitative estimate of drug-likeness (QED) is 0.393. The minimum absolute atomic E-state index is 0.0826. The number of pyridine rings is 2. The van der Waals surface area contributed by atoms with E-state index in [0.717, 1.165) is 6.07 Å². The van der Waals surface area contributed by atoms with Crippen molar-refractivity contribution in [1.29, 1.82) is 0 Å². The summed E-state index contributed by atoms with van der Waals surface area (Å²) in [5, 5.41) is 11.2. The molecule has 1 aromatic carbocycles. The molecule has 0 amide bonds. The first kappa shape index (κ1) is 23.9. The number of benzene rings is 1. The maximum absolute atomic E-state index is 14.2. The third-order valence-corrected chi connectivity index (χ3v) is 5.86. The van der Waals surface area contributed by atoms with Gasteiger partial charge >= 0.3 is 6.18 Å². The summed E-state index contributed by atoms with van der Waals surface area (Å²) in [6.07, 6.45) is -2.45. The summed E-state index contributed by atoms with van der Waals surface area (Å²) in [5.41, 5.74) is 0.536. The standard InChI is InChI=1S/C24H17BrF4N2O3/c25-15-8-7-13(19(26)10-15)12-34-22-18(9-14(11-30-22)24(27,28)29)16-3-1-4-17(16)20-5-2-6-21(31-20)23(32)33/h2,5-11H,1,3-4,12H2,(H,32,33)/p-1. The smallest absolute Gasteiger partial charge is 0.417 e. The Bertz CT molecular complexity index is 1290. The normalized spacial score (nSPS) is 13.9. The molecule has 3 aromatic rings. The van der Waals surface area contributed by atoms with Gasteiger partial charge in [-0.2, -0.15) is 13.2 Å². The predicted octanol–water partition coefficient (Wildman–Crippen LogP) is 5.43. The largest absolute Gasteiger partial charge is 0.543 e. The van der Waals surface area contributed by atoms with Crippen molar-refractivity contribution < 1.29 is 32.2 Å². The van der Waals surface area contributed by atoms with Gasteiger partial charge in [-0.25, -0.2) is 14.4 Å². The molecule has 10 heteroatoms. The highest BCUT2D eigenvalue weighted by molar-refractivity contribution is 9.10. The number of nitrogens with zero attached hydrogens (tertiary/aromatic N) is 2. The number of alkyl halides is 3. The Morgan fingerprint density at radius 3 is 2.59 bits per heavy atom. The van der Waals surface area contributed by atoms with Crippen molar-refractivity contribution in [2.24, 2.45) is 0 Å². The molecule has 176 valence electrons. The van der Waals surface area contributed by atoms with E-state index in [1.54, 1.807) is 12.1 Å². The van der Waals surface area contributed by atoms with Crippen LogP contribution in [0.15, 0.2) is 53.1 Å². The Morgan fingerprint density at radius 1 is 1.12 bits per heavy atom. The number of rotatable bonds is 6. The van der Waals surface area contributed by atoms with Crippen LogP contribution in [0.1, 0.15) is 52.1 Å². The number of carboxylic acid groups (broad SMARTS) is 1. The average molecular weight is 536 g/mol. The number of halogens is 5. The topological polar surface area (TPSA) is 75.1 Å². The van der Waals surface area contributed by atoms with E-state index in [1.165, 1.54) is 24.3 Å². The number of hydrogen-bond acceptors (Lipinski definition) is 5. The molecule has 4 rings (SSSR count). The van der Waals surface area contributed by atoms with Crippen LogP contribution in [0.4, 0.5) is 17.6 Å². The first-order chi connectivity index (χ1) is 16.1. The van der Waals surface area contributed by atoms with Crippen LogP contribution in [0.3, 0.4) is 0 Å². The minimum Gasteiger partial charge on any atom is -0.543 e. The molecule has 0 saturated heterocycles. The van der Waals surface area contributed by atoms with Gasteiger partial charge in [-0.3, -0.25) is 0 Å². The second-order valence-corrected chi connectivity index (χ2v) is 8.52. The van der Waals surface area contributed by atoms with Gasteiger partial charge in [-0.1, -0.05) is 28.1 Å². The van der Waals surface area contributed by atoms with Crippen molar-refractivity contribution in [3.63, 3.8) is 0 Å². The zero-order chi connectivity index (χ0) is 24.5. The third kappa shape index (κ3) is 5.11. The molecule has 0 fully saturated rings. The lowest BCUT2D eigenvalue weighted by Crippen LogP contribution is -2.23. The van der Waals surface area contributed by atoms with Crippen molar-refractivity contribution in [2.75, 3.05) is 0 Å². The number of hydrogen-bond donors (Lipinski definition) is 0. The van der Waals surface area contributed by atoms with Gasteiger partial charge in [0.05, 0.1) is 22.9 Å². The van der Waals surface area contributed by atoms with Gasteiger partial charge in [-0.05, 0) is 60.7 Å². The molecule has 1 aliphatic rings. The zero-order valence-corrected chi connectivity index (χ0v) is 19.0. The predicted molar refractivity (Wildman–Crippen MR) is 117 cm³/mol. The van der Waals surface area contributed by atoms with Crippen LogP contribution in [-0.2, 0) is 12.8 Å². The fourth-order valence-electron chi connectivity index (χ4n) is 3.76. The van der Waals surface area contributed by atoms with Gasteiger partial charge in [0.15, 0.2) is 0 Å². The van der Waals surface area contributed by atoms with Gasteiger partial charge in [-0.15, -0.1) is 0 Å². The van der Waals surface area contributed by atoms with Gasteiger partial charge in [0.2, 0.25) is 5.88 Å². The molecular formula is C24H16BrF4N2O3-. The van der Waals surface area contributed by atoms with E-state index in [0.29, 0.717) is 46.8 Å². The molecule has 0 aliphatic heterocycles. The lowest BCUT2D eigenvalue weighted by Gasteiger charge is -2.16. The molecule has 0 radical (unpaired) electrons. The molecule has 0 atom stereocenters. The van der Waals surface area contributed by atoms with Crippen LogP contribution in [0.25, 0.3) is 11.1 Å². The van der Waals surface area contributed by atoms with Crippen LogP contribution < -0.4 is 9.84 Å². The van der Waals surface area contributed by atoms with E-state index in [1.807, 2.05) is 0 Å². The molecule has 2 heterocycles. The van der Waals surface area contributed by atoms with Crippen LogP contribution in [0.5, 0.6) is 5.88 Å². The molecule has 0 saturated carbocycles. The Labute approximate surface area is 200 Å². The van der Waals surface area contributed by atoms with E-state index in [9.17, 15) is 27.5 Å². The van der Waals surface area contributed by atoms with Crippen LogP contribution >= 0.6 is 15.9 Å². The van der Waals surface area contributed by atoms with Gasteiger partial charge in [0.1, 0.15) is 12.4 Å². The van der Waals surface area contributed by atoms with Crippen LogP contribution in [-0.4, -0.2) is 15.9 Å². The van der Waals surface area contributed by atoms with E-state index in [2.05, 4.69) is 25.9 Å². The number of carbonyl (C=O) groups is 1. The van der Waals surface area contributed by atoms with E-state index >= 15 is 0 Å². The summed E-state index contributed by atoms with van der Waals surface area (Å²) in [4.78, 5) is 19.2. The summed E-state index contributed by atoms with van der Waals surface area (Å²) in [7, 11) is 0. The van der Waals surface area contributed by atoms with Crippen molar-refractivity contribution in [3.8, 4) is 5.88 Å². The first-order valence-corrected chi connectivity index (χ1v) is 11.0. The van der Waals surface area contributed by atoms with Crippen LogP contribution in [0, 0.1) is 5.82 Å². The highest BCUT2D eigenvalue weighted by Gasteiger charge is 2.33. The molecule has 0 N–H and O–H groups in total. The summed E-state index contributed by atoms with van der Waals surface area (Å²) in [6, 6.07) is 9.69. The summed E-state index contributed by atoms with van der Waals surface area (Å²) in [6.45, 7) is -0.245. The first-order valence-electron chi connectivity index (χ1n) is 10.2. The van der Waals surface area contributed by atoms with Crippen molar-refractivity contribution in [3.05, 3.63) is 87.0 Å². The molecule has 1 aliphatic carbocycles. The minimum atomic E-state index is -4.63. The molecule has 0 bridgehead atoms. The number of allylic oxidation sites excluding steroid dienone is 2. The summed E-state index contributed by atoms with van der Waals surface area (Å²) in [5.74, 6) is -2.07. The molecule has 34 heavy (non-hydrogen) atoms. The molecule has 2 aromatic heterocycles. The summed E-state index contributed by atoms with van der Waals surface area (Å²) < 4.78 is 60.8. The Morgan fingerprint density at radius 2 is 1.88 bits per heavy atom. The highest BCUT2D eigenvalue weighted by Crippen LogP contribution is 2.43. The van der Waals surface area contributed by atoms with Crippen molar-refractivity contribution in [1.82, 2.24) is 9.97 Å². The molecular weight excluding hydrogens is 520 g/mol. The van der Waals surface area contributed by atoms with E-state index in [4.69, 9.17) is 4.74 Å². The number of aromatic carboxylic acids is 1. The molecule has 0 unspecified atom stereocenters. The Balaban J connectivity index is 1.78. The van der Waals surface area contributed by atoms with Gasteiger partial charge in [0, 0.05) is 21.8 Å². The lowest BCUT2D eigenvalue weighted by atomic mass is 9.99. The molecule has 0 spiro atoms. The van der Waals surface area contributed by atoms with Crippen molar-refractivity contribution >= 4 is 33.0 Å². The fraction of sp³-hybridized carbons (Fsp3) is 0.208. The van der Waals surface area contributed by atoms with Crippen molar-refractivity contribution in [2.45, 2.75) is 32.0 Å². The molecule has 5 nitrogen and oxygen atoms in total. The van der Waals surface area contributed by atoms with Gasteiger partial charge < -0.3 is 14.6 Å². The number of aromatic nitrogens is 2. The zero-order valence-electron chi connectivity index (χ0n) is 17.5. The van der Waals surface area contributed by atoms with Gasteiger partial charge in [0.25, 0.3) is 0 Å². The monoisotopic (exact) mass is 535 g/mol. The SMILES string of the molecule is O=C([O-])c1cccc(C2=C(c3cc(C(F)(F)F)cnc3OCc3ccc(Br)cc3F)CCC2)n1. The number of carbonyl (C=O) groups excluding carboxylic acids is 1. The van der Waals surface area contributed by atoms with Crippen LogP contribution in [0.2, 0.25) is 0 Å². The average Bonchev–Trinajstić information content (AvgIpc) is 3.27. The maximum Gasteiger partial charge on any atom is 0.417 e. The van der Waals surface area contributed by atoms with E-state index < -0.39 is 23.5 Å². The Kier molecular flexibility index (Phi) is 6.70. The number of carboxylic acids is 1. The Hall–Kier alpha value is -3.27.